The fourth-order valence-corrected chi connectivity index (χ4v) is 2.30. The minimum Gasteiger partial charge on any atom is -0.496 e. The maximum atomic E-state index is 14.0. The first-order valence-corrected chi connectivity index (χ1v) is 6.40. The van der Waals surface area contributed by atoms with Crippen LogP contribution in [0.3, 0.4) is 0 Å². The van der Waals surface area contributed by atoms with Gasteiger partial charge in [-0.05, 0) is 37.1 Å². The SMILES string of the molecule is COc1cc(-c2cn(C)c(=O)c(C)c2C)cc(F)c1C=O. The van der Waals surface area contributed by atoms with E-state index in [9.17, 15) is 14.0 Å². The summed E-state index contributed by atoms with van der Waals surface area (Å²) < 4.78 is 20.5. The second-order valence-corrected chi connectivity index (χ2v) is 4.90. The van der Waals surface area contributed by atoms with Crippen molar-refractivity contribution in [3.63, 3.8) is 0 Å². The molecule has 0 bridgehead atoms. The zero-order valence-corrected chi connectivity index (χ0v) is 12.4. The van der Waals surface area contributed by atoms with E-state index in [1.807, 2.05) is 6.92 Å². The summed E-state index contributed by atoms with van der Waals surface area (Å²) in [5.74, 6) is -0.476. The lowest BCUT2D eigenvalue weighted by molar-refractivity contribution is 0.111. The molecule has 0 aliphatic carbocycles. The molecule has 4 nitrogen and oxygen atoms in total. The summed E-state index contributed by atoms with van der Waals surface area (Å²) in [4.78, 5) is 22.8. The van der Waals surface area contributed by atoms with Crippen LogP contribution < -0.4 is 10.3 Å². The van der Waals surface area contributed by atoms with Gasteiger partial charge in [-0.1, -0.05) is 0 Å². The number of hydrogen-bond donors (Lipinski definition) is 0. The zero-order chi connectivity index (χ0) is 15.7. The summed E-state index contributed by atoms with van der Waals surface area (Å²) in [6.07, 6.45) is 2.08. The van der Waals surface area contributed by atoms with E-state index < -0.39 is 5.82 Å². The van der Waals surface area contributed by atoms with Crippen LogP contribution in [0, 0.1) is 19.7 Å². The number of methoxy groups -OCH3 is 1. The predicted molar refractivity (Wildman–Crippen MR) is 78.5 cm³/mol. The van der Waals surface area contributed by atoms with Crippen LogP contribution in [0.4, 0.5) is 4.39 Å². The first-order valence-electron chi connectivity index (χ1n) is 6.40. The summed E-state index contributed by atoms with van der Waals surface area (Å²) in [6.45, 7) is 3.54. The molecule has 0 N–H and O–H groups in total. The lowest BCUT2D eigenvalue weighted by atomic mass is 9.98. The molecule has 0 saturated heterocycles. The standard InChI is InChI=1S/C16H16FNO3/c1-9-10(2)16(20)18(3)7-12(9)11-5-14(17)13(8-19)15(6-11)21-4/h5-8H,1-4H3. The Morgan fingerprint density at radius 3 is 2.48 bits per heavy atom. The summed E-state index contributed by atoms with van der Waals surface area (Å²) in [5.41, 5.74) is 2.47. The van der Waals surface area contributed by atoms with Crippen molar-refractivity contribution in [2.24, 2.45) is 7.05 Å². The van der Waals surface area contributed by atoms with Crippen LogP contribution in [0.2, 0.25) is 0 Å². The molecule has 21 heavy (non-hydrogen) atoms. The minimum absolute atomic E-state index is 0.0896. The largest absolute Gasteiger partial charge is 0.496 e. The molecule has 1 aromatic heterocycles. The van der Waals surface area contributed by atoms with Crippen molar-refractivity contribution >= 4 is 6.29 Å². The molecule has 0 saturated carbocycles. The number of hydrogen-bond acceptors (Lipinski definition) is 3. The topological polar surface area (TPSA) is 48.3 Å². The highest BCUT2D eigenvalue weighted by atomic mass is 19.1. The zero-order valence-electron chi connectivity index (χ0n) is 12.4. The van der Waals surface area contributed by atoms with Crippen LogP contribution in [0.15, 0.2) is 23.1 Å². The van der Waals surface area contributed by atoms with Crippen molar-refractivity contribution < 1.29 is 13.9 Å². The van der Waals surface area contributed by atoms with Gasteiger partial charge in [-0.25, -0.2) is 4.39 Å². The van der Waals surface area contributed by atoms with Crippen molar-refractivity contribution in [2.75, 3.05) is 7.11 Å². The Morgan fingerprint density at radius 2 is 1.90 bits per heavy atom. The van der Waals surface area contributed by atoms with Crippen molar-refractivity contribution in [2.45, 2.75) is 13.8 Å². The van der Waals surface area contributed by atoms with E-state index in [4.69, 9.17) is 4.74 Å². The summed E-state index contributed by atoms with van der Waals surface area (Å²) >= 11 is 0. The molecular formula is C16H16FNO3. The van der Waals surface area contributed by atoms with Crippen LogP contribution in [-0.4, -0.2) is 18.0 Å². The average molecular weight is 289 g/mol. The summed E-state index contributed by atoms with van der Waals surface area (Å²) in [7, 11) is 3.02. The van der Waals surface area contributed by atoms with Gasteiger partial charge in [-0.15, -0.1) is 0 Å². The normalized spacial score (nSPS) is 10.5. The molecule has 0 fully saturated rings. The number of halogens is 1. The number of carbonyl (C=O) groups is 1. The molecule has 2 aromatic rings. The molecule has 1 aromatic carbocycles. The average Bonchev–Trinajstić information content (AvgIpc) is 2.47. The van der Waals surface area contributed by atoms with E-state index in [0.29, 0.717) is 17.4 Å². The van der Waals surface area contributed by atoms with E-state index in [1.165, 1.54) is 17.7 Å². The predicted octanol–water partition coefficient (Wildman–Crippen LogP) is 2.63. The second kappa shape index (κ2) is 5.52. The number of carbonyl (C=O) groups excluding carboxylic acids is 1. The van der Waals surface area contributed by atoms with Crippen LogP contribution in [-0.2, 0) is 7.05 Å². The van der Waals surface area contributed by atoms with E-state index in [1.54, 1.807) is 26.2 Å². The number of ether oxygens (including phenoxy) is 1. The van der Waals surface area contributed by atoms with E-state index in [-0.39, 0.29) is 16.9 Å². The third kappa shape index (κ3) is 2.46. The highest BCUT2D eigenvalue weighted by Gasteiger charge is 2.15. The highest BCUT2D eigenvalue weighted by Crippen LogP contribution is 2.30. The molecule has 0 radical (unpaired) electrons. The van der Waals surface area contributed by atoms with E-state index in [0.717, 1.165) is 11.1 Å². The highest BCUT2D eigenvalue weighted by molar-refractivity contribution is 5.82. The van der Waals surface area contributed by atoms with Gasteiger partial charge in [0.15, 0.2) is 6.29 Å². The Balaban J connectivity index is 2.77. The Morgan fingerprint density at radius 1 is 1.24 bits per heavy atom. The maximum absolute atomic E-state index is 14.0. The van der Waals surface area contributed by atoms with Crippen molar-refractivity contribution in [3.05, 3.63) is 51.2 Å². The van der Waals surface area contributed by atoms with Crippen LogP contribution >= 0.6 is 0 Å². The fourth-order valence-electron chi connectivity index (χ4n) is 2.30. The smallest absolute Gasteiger partial charge is 0.253 e. The van der Waals surface area contributed by atoms with Gasteiger partial charge in [0.2, 0.25) is 0 Å². The number of nitrogens with zero attached hydrogens (tertiary/aromatic N) is 1. The third-order valence-corrected chi connectivity index (χ3v) is 3.67. The van der Waals surface area contributed by atoms with Crippen molar-refractivity contribution in [1.29, 1.82) is 0 Å². The molecule has 0 amide bonds. The maximum Gasteiger partial charge on any atom is 0.253 e. The molecule has 0 unspecified atom stereocenters. The van der Waals surface area contributed by atoms with Crippen LogP contribution in [0.5, 0.6) is 5.75 Å². The Kier molecular flexibility index (Phi) is 3.93. The molecule has 5 heteroatoms. The number of aromatic nitrogens is 1. The molecule has 0 aliphatic heterocycles. The van der Waals surface area contributed by atoms with Gasteiger partial charge in [-0.3, -0.25) is 9.59 Å². The lowest BCUT2D eigenvalue weighted by Crippen LogP contribution is -2.20. The Hall–Kier alpha value is -2.43. The third-order valence-electron chi connectivity index (χ3n) is 3.67. The van der Waals surface area contributed by atoms with Crippen LogP contribution in [0.25, 0.3) is 11.1 Å². The van der Waals surface area contributed by atoms with Crippen molar-refractivity contribution in [1.82, 2.24) is 4.57 Å². The number of pyridine rings is 1. The van der Waals surface area contributed by atoms with Crippen molar-refractivity contribution in [3.8, 4) is 16.9 Å². The molecule has 0 spiro atoms. The summed E-state index contributed by atoms with van der Waals surface area (Å²) in [5, 5.41) is 0. The Bertz CT molecular complexity index is 778. The number of benzene rings is 1. The molecular weight excluding hydrogens is 273 g/mol. The summed E-state index contributed by atoms with van der Waals surface area (Å²) in [6, 6.07) is 2.87. The van der Waals surface area contributed by atoms with Gasteiger partial charge < -0.3 is 9.30 Å². The second-order valence-electron chi connectivity index (χ2n) is 4.90. The number of aldehydes is 1. The van der Waals surface area contributed by atoms with Gasteiger partial charge in [0.05, 0.1) is 12.7 Å². The lowest BCUT2D eigenvalue weighted by Gasteiger charge is -2.13. The first-order chi connectivity index (χ1) is 9.90. The molecule has 0 aliphatic rings. The monoisotopic (exact) mass is 289 g/mol. The van der Waals surface area contributed by atoms with Gasteiger partial charge in [0, 0.05) is 24.4 Å². The molecule has 110 valence electrons. The van der Waals surface area contributed by atoms with Crippen LogP contribution in [0.1, 0.15) is 21.5 Å². The fraction of sp³-hybridized carbons (Fsp3) is 0.250. The van der Waals surface area contributed by atoms with Gasteiger partial charge in [0.25, 0.3) is 5.56 Å². The van der Waals surface area contributed by atoms with E-state index >= 15 is 0 Å². The quantitative estimate of drug-likeness (QED) is 0.816. The first kappa shape index (κ1) is 15.0. The van der Waals surface area contributed by atoms with Gasteiger partial charge in [-0.2, -0.15) is 0 Å². The Labute approximate surface area is 121 Å². The van der Waals surface area contributed by atoms with E-state index in [2.05, 4.69) is 0 Å². The molecule has 0 atom stereocenters. The number of rotatable bonds is 3. The minimum atomic E-state index is -0.648. The molecule has 2 rings (SSSR count). The van der Waals surface area contributed by atoms with Gasteiger partial charge >= 0.3 is 0 Å². The van der Waals surface area contributed by atoms with Gasteiger partial charge in [0.1, 0.15) is 11.6 Å². The molecule has 1 heterocycles. The number of aryl methyl sites for hydroxylation is 1.